The zero-order chi connectivity index (χ0) is 19.3. The van der Waals surface area contributed by atoms with Crippen LogP contribution in [0.5, 0.6) is 0 Å². The highest BCUT2D eigenvalue weighted by Crippen LogP contribution is 2.40. The second-order valence-corrected chi connectivity index (χ2v) is 8.27. The maximum atomic E-state index is 5.86. The van der Waals surface area contributed by atoms with Gasteiger partial charge in [-0.2, -0.15) is 0 Å². The number of anilines is 1. The number of nitrogens with zero attached hydrogens (tertiary/aromatic N) is 1. The molecule has 1 saturated heterocycles. The molecule has 0 amide bonds. The summed E-state index contributed by atoms with van der Waals surface area (Å²) in [6, 6.07) is 18.0. The number of hydrogen-bond donors (Lipinski definition) is 1. The Balaban J connectivity index is 1.60. The summed E-state index contributed by atoms with van der Waals surface area (Å²) in [5.74, 6) is 0. The van der Waals surface area contributed by atoms with Crippen molar-refractivity contribution in [2.75, 3.05) is 32.1 Å². The minimum atomic E-state index is 0.229. The van der Waals surface area contributed by atoms with Gasteiger partial charge >= 0.3 is 0 Å². The highest BCUT2D eigenvalue weighted by Gasteiger charge is 2.36. The van der Waals surface area contributed by atoms with Crippen LogP contribution in [-0.4, -0.2) is 33.4 Å². The molecule has 0 saturated carbocycles. The lowest BCUT2D eigenvalue weighted by Crippen LogP contribution is -2.39. The third-order valence-corrected chi connectivity index (χ3v) is 5.89. The van der Waals surface area contributed by atoms with E-state index in [0.717, 1.165) is 39.0 Å². The smallest absolute Gasteiger partial charge is 0.0555 e. The molecule has 3 heteroatoms. The molecule has 1 aliphatic rings. The van der Waals surface area contributed by atoms with Gasteiger partial charge < -0.3 is 15.0 Å². The fourth-order valence-corrected chi connectivity index (χ4v) is 4.18. The number of rotatable bonds is 7. The molecule has 2 aromatic rings. The lowest BCUT2D eigenvalue weighted by Gasteiger charge is -2.41. The summed E-state index contributed by atoms with van der Waals surface area (Å²) in [4.78, 5) is 2.13. The zero-order valence-electron chi connectivity index (χ0n) is 17.3. The van der Waals surface area contributed by atoms with Crippen molar-refractivity contribution in [2.24, 2.45) is 0 Å². The Morgan fingerprint density at radius 1 is 1.07 bits per heavy atom. The van der Waals surface area contributed by atoms with E-state index in [-0.39, 0.29) is 5.41 Å². The summed E-state index contributed by atoms with van der Waals surface area (Å²) in [6.07, 6.45) is 3.70. The van der Waals surface area contributed by atoms with Gasteiger partial charge in [-0.05, 0) is 62.9 Å². The Labute approximate surface area is 164 Å². The lowest BCUT2D eigenvalue weighted by molar-refractivity contribution is -0.0128. The van der Waals surface area contributed by atoms with E-state index in [2.05, 4.69) is 86.7 Å². The predicted octanol–water partition coefficient (Wildman–Crippen LogP) is 4.68. The Kier molecular flexibility index (Phi) is 6.56. The van der Waals surface area contributed by atoms with E-state index in [1.165, 1.54) is 22.4 Å². The van der Waals surface area contributed by atoms with Gasteiger partial charge in [-0.25, -0.2) is 0 Å². The van der Waals surface area contributed by atoms with Gasteiger partial charge in [0.1, 0.15) is 0 Å². The van der Waals surface area contributed by atoms with Crippen molar-refractivity contribution in [3.05, 3.63) is 65.2 Å². The first-order valence-electron chi connectivity index (χ1n) is 10.1. The Morgan fingerprint density at radius 3 is 2.41 bits per heavy atom. The minimum Gasteiger partial charge on any atom is -0.378 e. The molecule has 0 bridgehead atoms. The number of hydrogen-bond acceptors (Lipinski definition) is 3. The van der Waals surface area contributed by atoms with Gasteiger partial charge in [0.05, 0.1) is 6.10 Å². The number of benzene rings is 2. The summed E-state index contributed by atoms with van der Waals surface area (Å²) in [5.41, 5.74) is 5.61. The van der Waals surface area contributed by atoms with Crippen molar-refractivity contribution in [3.63, 3.8) is 0 Å². The first-order chi connectivity index (χ1) is 13.0. The van der Waals surface area contributed by atoms with E-state index in [0.29, 0.717) is 6.10 Å². The van der Waals surface area contributed by atoms with Crippen LogP contribution < -0.4 is 10.2 Å². The van der Waals surface area contributed by atoms with E-state index in [1.54, 1.807) is 0 Å². The quantitative estimate of drug-likeness (QED) is 0.720. The third kappa shape index (κ3) is 5.12. The topological polar surface area (TPSA) is 24.5 Å². The molecule has 3 nitrogen and oxygen atoms in total. The van der Waals surface area contributed by atoms with Crippen molar-refractivity contribution in [3.8, 4) is 0 Å². The van der Waals surface area contributed by atoms with E-state index in [9.17, 15) is 0 Å². The summed E-state index contributed by atoms with van der Waals surface area (Å²) in [7, 11) is 4.15. The summed E-state index contributed by atoms with van der Waals surface area (Å²) in [6.45, 7) is 7.18. The minimum absolute atomic E-state index is 0.229. The SMILES string of the molecule is Cc1ccc(C2(CCNCc3ccc(N(C)C)cc3)CCOC(C)C2)cc1. The maximum Gasteiger partial charge on any atom is 0.0555 e. The molecule has 1 heterocycles. The maximum absolute atomic E-state index is 5.86. The first-order valence-corrected chi connectivity index (χ1v) is 10.1. The van der Waals surface area contributed by atoms with Crippen molar-refractivity contribution >= 4 is 5.69 Å². The standard InChI is InChI=1S/C24H34N2O/c1-19-5-9-22(10-6-19)24(14-16-27-20(2)17-24)13-15-25-18-21-7-11-23(12-8-21)26(3)4/h5-12,20,25H,13-18H2,1-4H3. The van der Waals surface area contributed by atoms with Crippen LogP contribution in [0.3, 0.4) is 0 Å². The summed E-state index contributed by atoms with van der Waals surface area (Å²) >= 11 is 0. The average Bonchev–Trinajstić information content (AvgIpc) is 2.66. The van der Waals surface area contributed by atoms with Gasteiger partial charge in [-0.1, -0.05) is 42.0 Å². The van der Waals surface area contributed by atoms with Gasteiger partial charge in [0.15, 0.2) is 0 Å². The highest BCUT2D eigenvalue weighted by molar-refractivity contribution is 5.45. The van der Waals surface area contributed by atoms with Crippen molar-refractivity contribution in [1.29, 1.82) is 0 Å². The van der Waals surface area contributed by atoms with Crippen molar-refractivity contribution in [2.45, 2.75) is 51.2 Å². The molecule has 2 unspecified atom stereocenters. The highest BCUT2D eigenvalue weighted by atomic mass is 16.5. The van der Waals surface area contributed by atoms with E-state index in [1.807, 2.05) is 0 Å². The molecule has 27 heavy (non-hydrogen) atoms. The van der Waals surface area contributed by atoms with Crippen LogP contribution in [0.25, 0.3) is 0 Å². The molecular weight excluding hydrogens is 332 g/mol. The number of nitrogens with one attached hydrogen (secondary N) is 1. The molecule has 0 spiro atoms. The molecule has 1 aliphatic heterocycles. The van der Waals surface area contributed by atoms with Crippen LogP contribution in [0, 0.1) is 6.92 Å². The Morgan fingerprint density at radius 2 is 1.78 bits per heavy atom. The normalized spacial score (nSPS) is 22.6. The molecule has 0 aromatic heterocycles. The number of aryl methyl sites for hydroxylation is 1. The predicted molar refractivity (Wildman–Crippen MR) is 115 cm³/mol. The molecule has 2 aromatic carbocycles. The molecule has 0 radical (unpaired) electrons. The van der Waals surface area contributed by atoms with Crippen LogP contribution >= 0.6 is 0 Å². The van der Waals surface area contributed by atoms with Crippen LogP contribution in [0.2, 0.25) is 0 Å². The van der Waals surface area contributed by atoms with Crippen molar-refractivity contribution in [1.82, 2.24) is 5.32 Å². The largest absolute Gasteiger partial charge is 0.378 e. The van der Waals surface area contributed by atoms with Gasteiger partial charge in [-0.3, -0.25) is 0 Å². The Hall–Kier alpha value is -1.84. The van der Waals surface area contributed by atoms with Crippen LogP contribution in [0.4, 0.5) is 5.69 Å². The van der Waals surface area contributed by atoms with Crippen LogP contribution in [0.1, 0.15) is 42.9 Å². The lowest BCUT2D eigenvalue weighted by atomic mass is 9.70. The second kappa shape index (κ2) is 8.90. The fraction of sp³-hybridized carbons (Fsp3) is 0.500. The summed E-state index contributed by atoms with van der Waals surface area (Å²) in [5, 5.41) is 3.66. The average molecular weight is 367 g/mol. The third-order valence-electron chi connectivity index (χ3n) is 5.89. The van der Waals surface area contributed by atoms with Crippen LogP contribution in [0.15, 0.2) is 48.5 Å². The molecule has 0 aliphatic carbocycles. The molecule has 2 atom stereocenters. The van der Waals surface area contributed by atoms with E-state index >= 15 is 0 Å². The van der Waals surface area contributed by atoms with Gasteiger partial charge in [0, 0.05) is 38.3 Å². The molecule has 146 valence electrons. The van der Waals surface area contributed by atoms with E-state index in [4.69, 9.17) is 4.74 Å². The first kappa shape index (κ1) is 19.9. The molecule has 3 rings (SSSR count). The molecule has 1 fully saturated rings. The van der Waals surface area contributed by atoms with Gasteiger partial charge in [0.25, 0.3) is 0 Å². The Bertz CT molecular complexity index is 708. The second-order valence-electron chi connectivity index (χ2n) is 8.27. The van der Waals surface area contributed by atoms with Crippen LogP contribution in [-0.2, 0) is 16.7 Å². The zero-order valence-corrected chi connectivity index (χ0v) is 17.3. The monoisotopic (exact) mass is 366 g/mol. The fourth-order valence-electron chi connectivity index (χ4n) is 4.18. The van der Waals surface area contributed by atoms with E-state index < -0.39 is 0 Å². The summed E-state index contributed by atoms with van der Waals surface area (Å²) < 4.78 is 5.86. The molecular formula is C24H34N2O. The molecule has 1 N–H and O–H groups in total. The van der Waals surface area contributed by atoms with Crippen molar-refractivity contribution < 1.29 is 4.74 Å². The number of ether oxygens (including phenoxy) is 1. The van der Waals surface area contributed by atoms with Gasteiger partial charge in [0.2, 0.25) is 0 Å². The van der Waals surface area contributed by atoms with Gasteiger partial charge in [-0.15, -0.1) is 0 Å².